The molecular formula is C12H17ClO3. The Kier molecular flexibility index (Phi) is 4.14. The standard InChI is InChI=1S/C12H17ClO3/c1-8(2)6-12(3)9(14)4-5-10(12)16-11(15)7-13/h10H,1,4-7H2,2-3H3/t10-,12+/m1/s1. The van der Waals surface area contributed by atoms with E-state index in [-0.39, 0.29) is 17.8 Å². The van der Waals surface area contributed by atoms with E-state index in [1.165, 1.54) is 0 Å². The van der Waals surface area contributed by atoms with Crippen LogP contribution >= 0.6 is 11.6 Å². The van der Waals surface area contributed by atoms with Crippen LogP contribution in [0.1, 0.15) is 33.1 Å². The van der Waals surface area contributed by atoms with Crippen molar-refractivity contribution in [2.45, 2.75) is 39.2 Å². The van der Waals surface area contributed by atoms with Crippen LogP contribution in [-0.4, -0.2) is 23.7 Å². The van der Waals surface area contributed by atoms with E-state index in [1.54, 1.807) is 0 Å². The maximum atomic E-state index is 11.8. The van der Waals surface area contributed by atoms with Crippen molar-refractivity contribution in [1.82, 2.24) is 0 Å². The smallest absolute Gasteiger partial charge is 0.321 e. The van der Waals surface area contributed by atoms with Crippen molar-refractivity contribution in [1.29, 1.82) is 0 Å². The zero-order chi connectivity index (χ0) is 12.3. The van der Waals surface area contributed by atoms with Crippen LogP contribution in [0.2, 0.25) is 0 Å². The van der Waals surface area contributed by atoms with Crippen LogP contribution in [0.3, 0.4) is 0 Å². The molecule has 0 unspecified atom stereocenters. The van der Waals surface area contributed by atoms with Crippen molar-refractivity contribution in [3.8, 4) is 0 Å². The summed E-state index contributed by atoms with van der Waals surface area (Å²) in [7, 11) is 0. The normalized spacial score (nSPS) is 29.2. The fourth-order valence-corrected chi connectivity index (χ4v) is 2.33. The molecule has 3 nitrogen and oxygen atoms in total. The number of allylic oxidation sites excluding steroid dienone is 1. The molecule has 0 radical (unpaired) electrons. The maximum absolute atomic E-state index is 11.8. The molecule has 0 aromatic rings. The van der Waals surface area contributed by atoms with Gasteiger partial charge in [0.2, 0.25) is 0 Å². The van der Waals surface area contributed by atoms with Gasteiger partial charge >= 0.3 is 5.97 Å². The molecule has 0 spiro atoms. The minimum Gasteiger partial charge on any atom is -0.460 e. The topological polar surface area (TPSA) is 43.4 Å². The van der Waals surface area contributed by atoms with Crippen LogP contribution < -0.4 is 0 Å². The molecule has 1 rings (SSSR count). The molecule has 4 heteroatoms. The fraction of sp³-hybridized carbons (Fsp3) is 0.667. The lowest BCUT2D eigenvalue weighted by atomic mass is 9.80. The van der Waals surface area contributed by atoms with Crippen LogP contribution in [0.4, 0.5) is 0 Å². The largest absolute Gasteiger partial charge is 0.460 e. The van der Waals surface area contributed by atoms with Crippen molar-refractivity contribution >= 4 is 23.4 Å². The summed E-state index contributed by atoms with van der Waals surface area (Å²) in [6.07, 6.45) is 1.25. The van der Waals surface area contributed by atoms with Gasteiger partial charge in [-0.15, -0.1) is 18.2 Å². The predicted molar refractivity (Wildman–Crippen MR) is 62.4 cm³/mol. The number of rotatable bonds is 4. The van der Waals surface area contributed by atoms with Gasteiger partial charge in [-0.3, -0.25) is 9.59 Å². The van der Waals surface area contributed by atoms with Crippen molar-refractivity contribution in [2.24, 2.45) is 5.41 Å². The first-order valence-corrected chi connectivity index (χ1v) is 5.86. The SMILES string of the molecule is C=C(C)C[C@@]1(C)C(=O)CC[C@H]1OC(=O)CCl. The summed E-state index contributed by atoms with van der Waals surface area (Å²) in [5.74, 6) is -0.495. The summed E-state index contributed by atoms with van der Waals surface area (Å²) in [5, 5.41) is 0. The summed E-state index contributed by atoms with van der Waals surface area (Å²) in [6.45, 7) is 7.52. The van der Waals surface area contributed by atoms with Crippen molar-refractivity contribution in [3.63, 3.8) is 0 Å². The molecule has 0 heterocycles. The van der Waals surface area contributed by atoms with Crippen LogP contribution in [0, 0.1) is 5.41 Å². The number of alkyl halides is 1. The summed E-state index contributed by atoms with van der Waals surface area (Å²) >= 11 is 5.39. The van der Waals surface area contributed by atoms with E-state index in [9.17, 15) is 9.59 Å². The van der Waals surface area contributed by atoms with Gasteiger partial charge in [0.05, 0.1) is 5.41 Å². The lowest BCUT2D eigenvalue weighted by Gasteiger charge is -2.29. The Hall–Kier alpha value is -0.830. The maximum Gasteiger partial charge on any atom is 0.321 e. The number of carbonyl (C=O) groups is 2. The zero-order valence-corrected chi connectivity index (χ0v) is 10.5. The van der Waals surface area contributed by atoms with Gasteiger partial charge in [0.25, 0.3) is 0 Å². The van der Waals surface area contributed by atoms with Gasteiger partial charge in [-0.05, 0) is 26.7 Å². The molecule has 1 fully saturated rings. The Labute approximate surface area is 101 Å². The van der Waals surface area contributed by atoms with Gasteiger partial charge in [0, 0.05) is 6.42 Å². The number of esters is 1. The molecule has 0 aliphatic heterocycles. The number of ketones is 1. The second-order valence-electron chi connectivity index (χ2n) is 4.63. The Balaban J connectivity index is 2.80. The molecule has 2 atom stereocenters. The molecule has 0 aromatic carbocycles. The monoisotopic (exact) mass is 244 g/mol. The third kappa shape index (κ3) is 2.64. The number of halogens is 1. The van der Waals surface area contributed by atoms with Crippen LogP contribution in [0.25, 0.3) is 0 Å². The minimum atomic E-state index is -0.618. The highest BCUT2D eigenvalue weighted by atomic mass is 35.5. The summed E-state index contributed by atoms with van der Waals surface area (Å²) in [6, 6.07) is 0. The van der Waals surface area contributed by atoms with E-state index in [4.69, 9.17) is 16.3 Å². The Morgan fingerprint density at radius 2 is 2.31 bits per heavy atom. The molecule has 0 N–H and O–H groups in total. The van der Waals surface area contributed by atoms with Gasteiger partial charge in [-0.2, -0.15) is 0 Å². The molecule has 1 aliphatic rings. The average Bonchev–Trinajstić information content (AvgIpc) is 2.45. The van der Waals surface area contributed by atoms with E-state index in [0.717, 1.165) is 5.57 Å². The van der Waals surface area contributed by atoms with Crippen molar-refractivity contribution in [2.75, 3.05) is 5.88 Å². The Bertz CT molecular complexity index is 324. The zero-order valence-electron chi connectivity index (χ0n) is 9.72. The molecule has 0 aromatic heterocycles. The first kappa shape index (κ1) is 13.2. The van der Waals surface area contributed by atoms with Crippen LogP contribution in [-0.2, 0) is 14.3 Å². The van der Waals surface area contributed by atoms with Gasteiger partial charge in [0.15, 0.2) is 0 Å². The third-order valence-corrected chi connectivity index (χ3v) is 3.25. The Morgan fingerprint density at radius 1 is 1.69 bits per heavy atom. The fourth-order valence-electron chi connectivity index (χ4n) is 2.26. The minimum absolute atomic E-state index is 0.142. The summed E-state index contributed by atoms with van der Waals surface area (Å²) in [5.41, 5.74) is 0.303. The lowest BCUT2D eigenvalue weighted by Crippen LogP contribution is -2.36. The highest BCUT2D eigenvalue weighted by Gasteiger charge is 2.47. The van der Waals surface area contributed by atoms with E-state index >= 15 is 0 Å². The third-order valence-electron chi connectivity index (χ3n) is 3.03. The number of ether oxygens (including phenoxy) is 1. The molecule has 0 saturated heterocycles. The lowest BCUT2D eigenvalue weighted by molar-refractivity contribution is -0.152. The number of carbonyl (C=O) groups excluding carboxylic acids is 2. The quantitative estimate of drug-likeness (QED) is 0.434. The van der Waals surface area contributed by atoms with Crippen LogP contribution in [0.5, 0.6) is 0 Å². The van der Waals surface area contributed by atoms with E-state index < -0.39 is 11.4 Å². The van der Waals surface area contributed by atoms with E-state index in [1.807, 2.05) is 13.8 Å². The molecular weight excluding hydrogens is 228 g/mol. The number of hydrogen-bond acceptors (Lipinski definition) is 3. The average molecular weight is 245 g/mol. The van der Waals surface area contributed by atoms with Crippen molar-refractivity contribution in [3.05, 3.63) is 12.2 Å². The first-order chi connectivity index (χ1) is 7.40. The van der Waals surface area contributed by atoms with Crippen molar-refractivity contribution < 1.29 is 14.3 Å². The summed E-state index contributed by atoms with van der Waals surface area (Å²) in [4.78, 5) is 23.0. The van der Waals surface area contributed by atoms with Gasteiger partial charge in [-0.1, -0.05) is 5.57 Å². The Morgan fingerprint density at radius 3 is 2.81 bits per heavy atom. The number of hydrogen-bond donors (Lipinski definition) is 0. The van der Waals surface area contributed by atoms with Crippen LogP contribution in [0.15, 0.2) is 12.2 Å². The summed E-state index contributed by atoms with van der Waals surface area (Å²) < 4.78 is 5.21. The van der Waals surface area contributed by atoms with Gasteiger partial charge in [0.1, 0.15) is 17.8 Å². The van der Waals surface area contributed by atoms with E-state index in [2.05, 4.69) is 6.58 Å². The molecule has 0 amide bonds. The van der Waals surface area contributed by atoms with Gasteiger partial charge in [-0.25, -0.2) is 0 Å². The molecule has 16 heavy (non-hydrogen) atoms. The molecule has 0 bridgehead atoms. The first-order valence-electron chi connectivity index (χ1n) is 5.33. The van der Waals surface area contributed by atoms with Gasteiger partial charge < -0.3 is 4.74 Å². The predicted octanol–water partition coefficient (Wildman–Crippen LogP) is 2.47. The second kappa shape index (κ2) is 5.00. The highest BCUT2D eigenvalue weighted by Crippen LogP contribution is 2.41. The second-order valence-corrected chi connectivity index (χ2v) is 4.89. The molecule has 1 aliphatic carbocycles. The highest BCUT2D eigenvalue weighted by molar-refractivity contribution is 6.26. The molecule has 1 saturated carbocycles. The molecule has 90 valence electrons. The van der Waals surface area contributed by atoms with E-state index in [0.29, 0.717) is 19.3 Å². The number of Topliss-reactive ketones (excluding diaryl/α,β-unsaturated/α-hetero) is 1.